The van der Waals surface area contributed by atoms with Gasteiger partial charge in [-0.3, -0.25) is 4.90 Å². The lowest BCUT2D eigenvalue weighted by atomic mass is 10.2. The number of hydrogen-bond acceptors (Lipinski definition) is 2. The van der Waals surface area contributed by atoms with Crippen LogP contribution in [0.4, 0.5) is 0 Å². The van der Waals surface area contributed by atoms with E-state index in [-0.39, 0.29) is 0 Å². The number of hydrogen-bond donors (Lipinski definition) is 0. The van der Waals surface area contributed by atoms with Gasteiger partial charge in [-0.2, -0.15) is 0 Å². The van der Waals surface area contributed by atoms with Crippen molar-refractivity contribution in [2.75, 3.05) is 26.7 Å². The molecule has 124 valence electrons. The molecular weight excluding hydrogens is 280 g/mol. The van der Waals surface area contributed by atoms with Crippen LogP contribution in [-0.2, 0) is 13.1 Å². The second kappa shape index (κ2) is 10.2. The second-order valence-corrected chi connectivity index (χ2v) is 6.28. The van der Waals surface area contributed by atoms with Gasteiger partial charge in [-0.25, -0.2) is 0 Å². The fourth-order valence-electron chi connectivity index (χ4n) is 2.88. The van der Waals surface area contributed by atoms with E-state index in [4.69, 9.17) is 0 Å². The highest BCUT2D eigenvalue weighted by Crippen LogP contribution is 2.07. The Morgan fingerprint density at radius 2 is 1.22 bits per heavy atom. The first-order valence-electron chi connectivity index (χ1n) is 8.76. The lowest BCUT2D eigenvalue weighted by Crippen LogP contribution is -2.25. The molecule has 0 unspecified atom stereocenters. The van der Waals surface area contributed by atoms with E-state index < -0.39 is 0 Å². The van der Waals surface area contributed by atoms with E-state index in [1.807, 2.05) is 0 Å². The molecule has 0 spiro atoms. The van der Waals surface area contributed by atoms with E-state index in [1.165, 1.54) is 30.5 Å². The summed E-state index contributed by atoms with van der Waals surface area (Å²) in [6, 6.07) is 21.5. The fraction of sp³-hybridized carbons (Fsp3) is 0.429. The van der Waals surface area contributed by atoms with Gasteiger partial charge in [0.2, 0.25) is 0 Å². The van der Waals surface area contributed by atoms with E-state index in [9.17, 15) is 0 Å². The SMILES string of the molecule is CCN(CCCCN(C)Cc1ccccc1)Cc1ccccc1. The number of benzene rings is 2. The molecule has 0 aliphatic rings. The maximum Gasteiger partial charge on any atom is 0.0233 e. The van der Waals surface area contributed by atoms with Crippen LogP contribution in [-0.4, -0.2) is 36.5 Å². The highest BCUT2D eigenvalue weighted by Gasteiger charge is 2.04. The van der Waals surface area contributed by atoms with Crippen LogP contribution in [0.3, 0.4) is 0 Å². The van der Waals surface area contributed by atoms with Crippen LogP contribution in [0.5, 0.6) is 0 Å². The van der Waals surface area contributed by atoms with Crippen LogP contribution in [0.1, 0.15) is 30.9 Å². The van der Waals surface area contributed by atoms with Crippen LogP contribution in [0.15, 0.2) is 60.7 Å². The fourth-order valence-corrected chi connectivity index (χ4v) is 2.88. The molecular formula is C21H30N2. The normalized spacial score (nSPS) is 11.3. The monoisotopic (exact) mass is 310 g/mol. The lowest BCUT2D eigenvalue weighted by molar-refractivity contribution is 0.258. The molecule has 0 amide bonds. The van der Waals surface area contributed by atoms with Crippen molar-refractivity contribution in [2.45, 2.75) is 32.9 Å². The number of nitrogens with zero attached hydrogens (tertiary/aromatic N) is 2. The topological polar surface area (TPSA) is 6.48 Å². The summed E-state index contributed by atoms with van der Waals surface area (Å²) in [6.45, 7) is 7.83. The molecule has 0 aromatic heterocycles. The number of rotatable bonds is 10. The predicted molar refractivity (Wildman–Crippen MR) is 99.4 cm³/mol. The molecule has 0 saturated carbocycles. The van der Waals surface area contributed by atoms with Crippen LogP contribution in [0.2, 0.25) is 0 Å². The maximum atomic E-state index is 2.53. The summed E-state index contributed by atoms with van der Waals surface area (Å²) in [6.07, 6.45) is 2.52. The second-order valence-electron chi connectivity index (χ2n) is 6.28. The predicted octanol–water partition coefficient (Wildman–Crippen LogP) is 4.42. The van der Waals surface area contributed by atoms with Crippen LogP contribution >= 0.6 is 0 Å². The van der Waals surface area contributed by atoms with Gasteiger partial charge in [0, 0.05) is 13.1 Å². The van der Waals surface area contributed by atoms with Crippen LogP contribution < -0.4 is 0 Å². The van der Waals surface area contributed by atoms with E-state index in [0.717, 1.165) is 26.2 Å². The van der Waals surface area contributed by atoms with E-state index in [1.54, 1.807) is 0 Å². The van der Waals surface area contributed by atoms with Gasteiger partial charge in [-0.1, -0.05) is 67.6 Å². The number of unbranched alkanes of at least 4 members (excludes halogenated alkanes) is 1. The van der Waals surface area contributed by atoms with Crippen LogP contribution in [0.25, 0.3) is 0 Å². The molecule has 2 aromatic carbocycles. The minimum absolute atomic E-state index is 1.04. The third-order valence-corrected chi connectivity index (χ3v) is 4.26. The molecule has 0 heterocycles. The van der Waals surface area contributed by atoms with E-state index in [2.05, 4.69) is 84.4 Å². The Kier molecular flexibility index (Phi) is 7.85. The van der Waals surface area contributed by atoms with Crippen molar-refractivity contribution < 1.29 is 0 Å². The van der Waals surface area contributed by atoms with Crippen molar-refractivity contribution in [1.29, 1.82) is 0 Å². The molecule has 2 aromatic rings. The summed E-state index contributed by atoms with van der Waals surface area (Å²) in [5.74, 6) is 0. The Hall–Kier alpha value is -1.64. The molecule has 0 N–H and O–H groups in total. The smallest absolute Gasteiger partial charge is 0.0233 e. The minimum Gasteiger partial charge on any atom is -0.302 e. The van der Waals surface area contributed by atoms with Crippen molar-refractivity contribution in [3.05, 3.63) is 71.8 Å². The van der Waals surface area contributed by atoms with Gasteiger partial charge < -0.3 is 4.90 Å². The van der Waals surface area contributed by atoms with Gasteiger partial charge >= 0.3 is 0 Å². The summed E-state index contributed by atoms with van der Waals surface area (Å²) in [5, 5.41) is 0. The minimum atomic E-state index is 1.04. The zero-order valence-corrected chi connectivity index (χ0v) is 14.6. The first-order chi connectivity index (χ1) is 11.3. The summed E-state index contributed by atoms with van der Waals surface area (Å²) < 4.78 is 0. The molecule has 0 aliphatic carbocycles. The van der Waals surface area contributed by atoms with E-state index >= 15 is 0 Å². The standard InChI is InChI=1S/C21H30N2/c1-3-23(19-21-14-8-5-9-15-21)17-11-10-16-22(2)18-20-12-6-4-7-13-20/h4-9,12-15H,3,10-11,16-19H2,1-2H3. The van der Waals surface area contributed by atoms with Gasteiger partial charge in [0.15, 0.2) is 0 Å². The molecule has 0 saturated heterocycles. The van der Waals surface area contributed by atoms with Gasteiger partial charge in [-0.05, 0) is 50.7 Å². The van der Waals surface area contributed by atoms with Crippen molar-refractivity contribution in [1.82, 2.24) is 9.80 Å². The highest BCUT2D eigenvalue weighted by molar-refractivity contribution is 5.15. The van der Waals surface area contributed by atoms with Gasteiger partial charge in [0.1, 0.15) is 0 Å². The first kappa shape index (κ1) is 17.7. The Balaban J connectivity index is 1.63. The van der Waals surface area contributed by atoms with Gasteiger partial charge in [-0.15, -0.1) is 0 Å². The van der Waals surface area contributed by atoms with Crippen molar-refractivity contribution >= 4 is 0 Å². The Morgan fingerprint density at radius 1 is 0.696 bits per heavy atom. The average Bonchev–Trinajstić information content (AvgIpc) is 2.59. The largest absolute Gasteiger partial charge is 0.302 e. The summed E-state index contributed by atoms with van der Waals surface area (Å²) in [7, 11) is 2.22. The molecule has 2 heteroatoms. The van der Waals surface area contributed by atoms with Crippen molar-refractivity contribution in [3.8, 4) is 0 Å². The van der Waals surface area contributed by atoms with E-state index in [0.29, 0.717) is 0 Å². The maximum absolute atomic E-state index is 2.53. The lowest BCUT2D eigenvalue weighted by Gasteiger charge is -2.21. The van der Waals surface area contributed by atoms with Crippen molar-refractivity contribution in [2.24, 2.45) is 0 Å². The summed E-state index contributed by atoms with van der Waals surface area (Å²) in [4.78, 5) is 4.95. The third kappa shape index (κ3) is 6.98. The summed E-state index contributed by atoms with van der Waals surface area (Å²) >= 11 is 0. The Labute approximate surface area is 141 Å². The molecule has 2 nitrogen and oxygen atoms in total. The third-order valence-electron chi connectivity index (χ3n) is 4.26. The average molecular weight is 310 g/mol. The quantitative estimate of drug-likeness (QED) is 0.599. The highest BCUT2D eigenvalue weighted by atomic mass is 15.1. The Morgan fingerprint density at radius 3 is 1.78 bits per heavy atom. The molecule has 2 rings (SSSR count). The molecule has 23 heavy (non-hydrogen) atoms. The first-order valence-corrected chi connectivity index (χ1v) is 8.76. The van der Waals surface area contributed by atoms with Crippen molar-refractivity contribution in [3.63, 3.8) is 0 Å². The molecule has 0 radical (unpaired) electrons. The zero-order chi connectivity index (χ0) is 16.3. The molecule has 0 atom stereocenters. The summed E-state index contributed by atoms with van der Waals surface area (Å²) in [5.41, 5.74) is 2.81. The molecule has 0 aliphatic heterocycles. The Bertz CT molecular complexity index is 524. The van der Waals surface area contributed by atoms with Gasteiger partial charge in [0.25, 0.3) is 0 Å². The molecule has 0 fully saturated rings. The zero-order valence-electron chi connectivity index (χ0n) is 14.6. The molecule has 0 bridgehead atoms. The van der Waals surface area contributed by atoms with Crippen LogP contribution in [0, 0.1) is 0 Å². The van der Waals surface area contributed by atoms with Gasteiger partial charge in [0.05, 0.1) is 0 Å².